The number of amides is 1. The van der Waals surface area contributed by atoms with Crippen molar-refractivity contribution in [3.63, 3.8) is 0 Å². The molecule has 1 amide bonds. The second-order valence-corrected chi connectivity index (χ2v) is 5.29. The third-order valence-corrected chi connectivity index (χ3v) is 3.31. The summed E-state index contributed by atoms with van der Waals surface area (Å²) in [5, 5.41) is 5.77. The molecule has 1 heterocycles. The molecule has 0 fully saturated rings. The van der Waals surface area contributed by atoms with Crippen molar-refractivity contribution in [2.75, 3.05) is 11.9 Å². The number of benzene rings is 1. The number of halogens is 2. The average Bonchev–Trinajstić information content (AvgIpc) is 2.49. The fourth-order valence-electron chi connectivity index (χ4n) is 1.79. The molecule has 2 N–H and O–H groups in total. The van der Waals surface area contributed by atoms with E-state index in [1.54, 1.807) is 30.5 Å². The minimum atomic E-state index is -0.274. The van der Waals surface area contributed by atoms with Gasteiger partial charge < -0.3 is 10.6 Å². The summed E-state index contributed by atoms with van der Waals surface area (Å²) >= 11 is 3.31. The molecular formula is C15H15BrFN3O. The lowest BCUT2D eigenvalue weighted by molar-refractivity contribution is 0.0951. The van der Waals surface area contributed by atoms with Gasteiger partial charge in [-0.05, 0) is 37.3 Å². The Balaban J connectivity index is 2.08. The van der Waals surface area contributed by atoms with E-state index in [2.05, 4.69) is 31.5 Å². The highest BCUT2D eigenvalue weighted by Gasteiger charge is 2.07. The number of aromatic nitrogens is 1. The maximum atomic E-state index is 13.6. The molecule has 2 aromatic rings. The summed E-state index contributed by atoms with van der Waals surface area (Å²) in [4.78, 5) is 15.7. The van der Waals surface area contributed by atoms with Crippen molar-refractivity contribution in [2.45, 2.75) is 13.5 Å². The Morgan fingerprint density at radius 2 is 2.14 bits per heavy atom. The van der Waals surface area contributed by atoms with Crippen molar-refractivity contribution in [3.05, 3.63) is 58.1 Å². The molecule has 2 rings (SSSR count). The summed E-state index contributed by atoms with van der Waals surface area (Å²) < 4.78 is 14.5. The minimum absolute atomic E-state index is 0.227. The van der Waals surface area contributed by atoms with Gasteiger partial charge >= 0.3 is 0 Å². The van der Waals surface area contributed by atoms with Crippen molar-refractivity contribution >= 4 is 27.5 Å². The Morgan fingerprint density at radius 1 is 1.33 bits per heavy atom. The predicted molar refractivity (Wildman–Crippen MR) is 83.7 cm³/mol. The van der Waals surface area contributed by atoms with Gasteiger partial charge in [-0.15, -0.1) is 0 Å². The first-order valence-corrected chi connectivity index (χ1v) is 7.31. The number of hydrogen-bond acceptors (Lipinski definition) is 3. The molecule has 0 saturated carbocycles. The molecule has 0 unspecified atom stereocenters. The Labute approximate surface area is 130 Å². The first-order valence-electron chi connectivity index (χ1n) is 6.52. The molecule has 6 heteroatoms. The summed E-state index contributed by atoms with van der Waals surface area (Å²) in [6.07, 6.45) is 1.55. The highest BCUT2D eigenvalue weighted by molar-refractivity contribution is 9.10. The van der Waals surface area contributed by atoms with E-state index >= 15 is 0 Å². The van der Waals surface area contributed by atoms with E-state index in [9.17, 15) is 9.18 Å². The van der Waals surface area contributed by atoms with Crippen LogP contribution in [-0.4, -0.2) is 17.4 Å². The van der Waals surface area contributed by atoms with Gasteiger partial charge in [0.25, 0.3) is 5.91 Å². The summed E-state index contributed by atoms with van der Waals surface area (Å²) in [5.74, 6) is -0.501. The summed E-state index contributed by atoms with van der Waals surface area (Å²) in [5.41, 5.74) is 1.59. The van der Waals surface area contributed by atoms with Crippen molar-refractivity contribution in [3.8, 4) is 0 Å². The zero-order valence-electron chi connectivity index (χ0n) is 11.5. The Hall–Kier alpha value is -1.95. The van der Waals surface area contributed by atoms with Crippen LogP contribution in [0.15, 0.2) is 41.0 Å². The number of carbonyl (C=O) groups excluding carboxylic acids is 1. The predicted octanol–water partition coefficient (Wildman–Crippen LogP) is 3.35. The van der Waals surface area contributed by atoms with Crippen LogP contribution in [0.5, 0.6) is 0 Å². The van der Waals surface area contributed by atoms with Gasteiger partial charge in [0.05, 0.1) is 0 Å². The molecule has 0 bridgehead atoms. The van der Waals surface area contributed by atoms with Gasteiger partial charge in [-0.2, -0.15) is 0 Å². The molecular weight excluding hydrogens is 337 g/mol. The van der Waals surface area contributed by atoms with Crippen LogP contribution in [0.2, 0.25) is 0 Å². The first kappa shape index (κ1) is 15.4. The van der Waals surface area contributed by atoms with Gasteiger partial charge in [0.1, 0.15) is 11.5 Å². The number of nitrogens with one attached hydrogen (secondary N) is 2. The summed E-state index contributed by atoms with van der Waals surface area (Å²) in [6.45, 7) is 2.71. The molecule has 0 saturated heterocycles. The van der Waals surface area contributed by atoms with Crippen LogP contribution in [0.4, 0.5) is 10.1 Å². The fourth-order valence-corrected chi connectivity index (χ4v) is 2.20. The van der Waals surface area contributed by atoms with Gasteiger partial charge in [-0.3, -0.25) is 9.78 Å². The van der Waals surface area contributed by atoms with Gasteiger partial charge in [-0.1, -0.05) is 15.9 Å². The van der Waals surface area contributed by atoms with Gasteiger partial charge in [-0.25, -0.2) is 4.39 Å². The molecule has 1 aromatic carbocycles. The summed E-state index contributed by atoms with van der Waals surface area (Å²) in [6, 6.07) is 8.15. The van der Waals surface area contributed by atoms with Crippen molar-refractivity contribution in [2.24, 2.45) is 0 Å². The lowest BCUT2D eigenvalue weighted by Crippen LogP contribution is -2.23. The smallest absolute Gasteiger partial charge is 0.269 e. The highest BCUT2D eigenvalue weighted by Crippen LogP contribution is 2.17. The SMILES string of the molecule is CCNC(=O)c1cc(NCc2cc(Br)ccc2F)ccn1. The van der Waals surface area contributed by atoms with Gasteiger partial charge in [0, 0.05) is 35.0 Å². The van der Waals surface area contributed by atoms with Crippen molar-refractivity contribution in [1.29, 1.82) is 0 Å². The van der Waals surface area contributed by atoms with Crippen LogP contribution >= 0.6 is 15.9 Å². The second-order valence-electron chi connectivity index (χ2n) is 4.38. The maximum absolute atomic E-state index is 13.6. The quantitative estimate of drug-likeness (QED) is 0.868. The largest absolute Gasteiger partial charge is 0.381 e. The molecule has 0 aliphatic rings. The molecule has 4 nitrogen and oxygen atoms in total. The van der Waals surface area contributed by atoms with Crippen LogP contribution in [0.1, 0.15) is 23.0 Å². The molecule has 0 radical (unpaired) electrons. The minimum Gasteiger partial charge on any atom is -0.381 e. The normalized spacial score (nSPS) is 10.2. The van der Waals surface area contributed by atoms with Crippen LogP contribution in [0.25, 0.3) is 0 Å². The number of rotatable bonds is 5. The van der Waals surface area contributed by atoms with E-state index in [1.807, 2.05) is 6.92 Å². The van der Waals surface area contributed by atoms with Crippen LogP contribution in [-0.2, 0) is 6.54 Å². The zero-order valence-corrected chi connectivity index (χ0v) is 13.1. The van der Waals surface area contributed by atoms with E-state index in [0.29, 0.717) is 30.0 Å². The van der Waals surface area contributed by atoms with Crippen molar-refractivity contribution in [1.82, 2.24) is 10.3 Å². The number of anilines is 1. The fraction of sp³-hybridized carbons (Fsp3) is 0.200. The molecule has 21 heavy (non-hydrogen) atoms. The van der Waals surface area contributed by atoms with E-state index < -0.39 is 0 Å². The van der Waals surface area contributed by atoms with Gasteiger partial charge in [0.2, 0.25) is 0 Å². The molecule has 0 spiro atoms. The van der Waals surface area contributed by atoms with Crippen LogP contribution < -0.4 is 10.6 Å². The number of hydrogen-bond donors (Lipinski definition) is 2. The Bertz CT molecular complexity index is 649. The Morgan fingerprint density at radius 3 is 2.90 bits per heavy atom. The van der Waals surface area contributed by atoms with Crippen LogP contribution in [0.3, 0.4) is 0 Å². The number of pyridine rings is 1. The Kier molecular flexibility index (Phi) is 5.27. The third kappa shape index (κ3) is 4.26. The standard InChI is InChI=1S/C15H15BrFN3O/c1-2-18-15(21)14-8-12(5-6-19-14)20-9-10-7-11(16)3-4-13(10)17/h3-8H,2,9H2,1H3,(H,18,21)(H,19,20). The van der Waals surface area contributed by atoms with Crippen LogP contribution in [0, 0.1) is 5.82 Å². The average molecular weight is 352 g/mol. The number of carbonyl (C=O) groups is 1. The van der Waals surface area contributed by atoms with E-state index in [0.717, 1.165) is 4.47 Å². The second kappa shape index (κ2) is 7.17. The lowest BCUT2D eigenvalue weighted by Gasteiger charge is -2.09. The monoisotopic (exact) mass is 351 g/mol. The zero-order chi connectivity index (χ0) is 15.2. The lowest BCUT2D eigenvalue weighted by atomic mass is 10.2. The van der Waals surface area contributed by atoms with Gasteiger partial charge in [0.15, 0.2) is 0 Å². The van der Waals surface area contributed by atoms with Crippen molar-refractivity contribution < 1.29 is 9.18 Å². The van der Waals surface area contributed by atoms with E-state index in [4.69, 9.17) is 0 Å². The number of nitrogens with zero attached hydrogens (tertiary/aromatic N) is 1. The third-order valence-electron chi connectivity index (χ3n) is 2.82. The molecule has 0 atom stereocenters. The molecule has 110 valence electrons. The highest BCUT2D eigenvalue weighted by atomic mass is 79.9. The van der Waals surface area contributed by atoms with E-state index in [-0.39, 0.29) is 11.7 Å². The maximum Gasteiger partial charge on any atom is 0.269 e. The molecule has 0 aliphatic carbocycles. The molecule has 0 aliphatic heterocycles. The topological polar surface area (TPSA) is 54.0 Å². The first-order chi connectivity index (χ1) is 10.1. The summed E-state index contributed by atoms with van der Waals surface area (Å²) in [7, 11) is 0. The molecule has 1 aromatic heterocycles. The van der Waals surface area contributed by atoms with E-state index in [1.165, 1.54) is 6.07 Å².